The molecule has 1 aliphatic rings. The zero-order valence-corrected chi connectivity index (χ0v) is 18.9. The largest absolute Gasteiger partial charge is 0.375 e. The van der Waals surface area contributed by atoms with Crippen LogP contribution in [0.5, 0.6) is 0 Å². The summed E-state index contributed by atoms with van der Waals surface area (Å²) in [7, 11) is 7.09. The van der Waals surface area contributed by atoms with E-state index >= 15 is 0 Å². The molecule has 2 rings (SSSR count). The van der Waals surface area contributed by atoms with Crippen LogP contribution >= 0.6 is 24.0 Å². The number of anilines is 1. The molecule has 0 aliphatic carbocycles. The average molecular weight is 491 g/mol. The number of guanidine groups is 1. The lowest BCUT2D eigenvalue weighted by Gasteiger charge is -2.34. The second-order valence-electron chi connectivity index (χ2n) is 6.89. The van der Waals surface area contributed by atoms with Crippen molar-refractivity contribution in [2.24, 2.45) is 10.9 Å². The van der Waals surface area contributed by atoms with Crippen molar-refractivity contribution in [3.05, 3.63) is 29.6 Å². The van der Waals surface area contributed by atoms with Gasteiger partial charge in [-0.2, -0.15) is 0 Å². The van der Waals surface area contributed by atoms with Gasteiger partial charge in [0.05, 0.1) is 5.69 Å². The number of rotatable bonds is 5. The van der Waals surface area contributed by atoms with Gasteiger partial charge in [-0.15, -0.1) is 24.0 Å². The Kier molecular flexibility index (Phi) is 9.82. The molecule has 1 aliphatic heterocycles. The Balaban J connectivity index is 0.00000364. The number of nitrogens with zero attached hydrogens (tertiary/aromatic N) is 3. The Morgan fingerprint density at radius 3 is 2.52 bits per heavy atom. The van der Waals surface area contributed by atoms with Gasteiger partial charge in [0.15, 0.2) is 5.96 Å². The van der Waals surface area contributed by atoms with Crippen molar-refractivity contribution < 1.29 is 9.18 Å². The highest BCUT2D eigenvalue weighted by Gasteiger charge is 2.23. The molecule has 1 aromatic rings. The number of aliphatic imine (C=N–C) groups is 1. The third-order valence-corrected chi connectivity index (χ3v) is 4.82. The minimum Gasteiger partial charge on any atom is -0.375 e. The summed E-state index contributed by atoms with van der Waals surface area (Å²) in [6.07, 6.45) is 2.54. The quantitative estimate of drug-likeness (QED) is 0.378. The molecule has 152 valence electrons. The van der Waals surface area contributed by atoms with Gasteiger partial charge in [-0.05, 0) is 36.5 Å². The van der Waals surface area contributed by atoms with Crippen LogP contribution in [0.1, 0.15) is 24.8 Å². The van der Waals surface area contributed by atoms with Crippen LogP contribution in [0.25, 0.3) is 0 Å². The van der Waals surface area contributed by atoms with E-state index in [1.54, 1.807) is 31.1 Å². The number of amides is 1. The zero-order valence-electron chi connectivity index (χ0n) is 16.6. The Morgan fingerprint density at radius 2 is 2.00 bits per heavy atom. The van der Waals surface area contributed by atoms with Crippen molar-refractivity contribution in [2.75, 3.05) is 46.2 Å². The van der Waals surface area contributed by atoms with Gasteiger partial charge >= 0.3 is 0 Å². The zero-order chi connectivity index (χ0) is 19.1. The summed E-state index contributed by atoms with van der Waals surface area (Å²) in [6, 6.07) is 5.28. The van der Waals surface area contributed by atoms with E-state index in [0.717, 1.165) is 37.5 Å². The van der Waals surface area contributed by atoms with E-state index in [0.29, 0.717) is 24.6 Å². The molecule has 0 unspecified atom stereocenters. The molecule has 0 aromatic heterocycles. The maximum absolute atomic E-state index is 14.1. The minimum absolute atomic E-state index is 0. The summed E-state index contributed by atoms with van der Waals surface area (Å²) >= 11 is 0. The summed E-state index contributed by atoms with van der Waals surface area (Å²) in [6.45, 7) is 2.26. The Hall–Kier alpha value is -1.58. The number of carbonyl (C=O) groups is 1. The van der Waals surface area contributed by atoms with Crippen molar-refractivity contribution >= 4 is 41.5 Å². The van der Waals surface area contributed by atoms with E-state index in [-0.39, 0.29) is 35.7 Å². The maximum Gasteiger partial charge on any atom is 0.220 e. The first kappa shape index (κ1) is 23.5. The molecule has 6 nitrogen and oxygen atoms in total. The van der Waals surface area contributed by atoms with Crippen molar-refractivity contribution in [1.29, 1.82) is 0 Å². The lowest BCUT2D eigenvalue weighted by Crippen LogP contribution is -2.45. The SMILES string of the molecule is CN=C(NCc1ccc(N(C)C)c(F)c1)N1CCC(CC(=O)NC)CC1.I. The Bertz CT molecular complexity index is 645. The third-order valence-electron chi connectivity index (χ3n) is 4.82. The third kappa shape index (κ3) is 6.82. The van der Waals surface area contributed by atoms with Crippen molar-refractivity contribution in [1.82, 2.24) is 15.5 Å². The highest BCUT2D eigenvalue weighted by molar-refractivity contribution is 14.0. The molecule has 1 amide bonds. The monoisotopic (exact) mass is 491 g/mol. The summed E-state index contributed by atoms with van der Waals surface area (Å²) in [5.41, 5.74) is 1.46. The van der Waals surface area contributed by atoms with Crippen LogP contribution < -0.4 is 15.5 Å². The predicted molar refractivity (Wildman–Crippen MR) is 119 cm³/mol. The molecular weight excluding hydrogens is 460 g/mol. The lowest BCUT2D eigenvalue weighted by atomic mass is 9.93. The summed E-state index contributed by atoms with van der Waals surface area (Å²) in [5.74, 6) is 1.13. The van der Waals surface area contributed by atoms with Gasteiger partial charge in [0.25, 0.3) is 0 Å². The first-order chi connectivity index (χ1) is 12.4. The first-order valence-electron chi connectivity index (χ1n) is 9.06. The number of carbonyl (C=O) groups excluding carboxylic acids is 1. The molecule has 2 N–H and O–H groups in total. The van der Waals surface area contributed by atoms with Gasteiger partial charge in [-0.25, -0.2) is 4.39 Å². The number of halogens is 2. The summed E-state index contributed by atoms with van der Waals surface area (Å²) in [5, 5.41) is 6.00. The molecule has 0 atom stereocenters. The molecule has 0 radical (unpaired) electrons. The van der Waals surface area contributed by atoms with E-state index in [2.05, 4.69) is 20.5 Å². The fraction of sp³-hybridized carbons (Fsp3) is 0.579. The lowest BCUT2D eigenvalue weighted by molar-refractivity contribution is -0.121. The van der Waals surface area contributed by atoms with Crippen LogP contribution in [0.15, 0.2) is 23.2 Å². The molecule has 1 heterocycles. The standard InChI is InChI=1S/C19H30FN5O.HI/c1-21-18(26)12-14-7-9-25(10-8-14)19(22-2)23-13-15-5-6-17(24(3)4)16(20)11-15;/h5-6,11,14H,7-10,12-13H2,1-4H3,(H,21,26)(H,22,23);1H. The van der Waals surface area contributed by atoms with E-state index in [1.165, 1.54) is 0 Å². The normalized spacial score (nSPS) is 15.1. The second kappa shape index (κ2) is 11.3. The van der Waals surface area contributed by atoms with Gasteiger partial charge in [0.2, 0.25) is 5.91 Å². The van der Waals surface area contributed by atoms with Crippen molar-refractivity contribution in [3.8, 4) is 0 Å². The molecule has 27 heavy (non-hydrogen) atoms. The Morgan fingerprint density at radius 1 is 1.33 bits per heavy atom. The Labute approximate surface area is 178 Å². The molecule has 1 saturated heterocycles. The molecular formula is C19H31FIN5O. The van der Waals surface area contributed by atoms with E-state index in [9.17, 15) is 9.18 Å². The number of nitrogens with one attached hydrogen (secondary N) is 2. The predicted octanol–water partition coefficient (Wildman–Crippen LogP) is 2.43. The second-order valence-corrected chi connectivity index (χ2v) is 6.89. The van der Waals surface area contributed by atoms with Crippen LogP contribution in [0, 0.1) is 11.7 Å². The van der Waals surface area contributed by atoms with E-state index < -0.39 is 0 Å². The van der Waals surface area contributed by atoms with Gasteiger partial charge in [-0.3, -0.25) is 9.79 Å². The molecule has 1 aromatic carbocycles. The van der Waals surface area contributed by atoms with Crippen LogP contribution in [0.4, 0.5) is 10.1 Å². The number of benzene rings is 1. The molecule has 8 heteroatoms. The molecule has 1 fully saturated rings. The summed E-state index contributed by atoms with van der Waals surface area (Å²) in [4.78, 5) is 19.8. The summed E-state index contributed by atoms with van der Waals surface area (Å²) < 4.78 is 14.1. The number of piperidine rings is 1. The van der Waals surface area contributed by atoms with E-state index in [4.69, 9.17) is 0 Å². The van der Waals surface area contributed by atoms with Crippen LogP contribution in [-0.2, 0) is 11.3 Å². The van der Waals surface area contributed by atoms with Gasteiger partial charge in [0, 0.05) is 54.2 Å². The first-order valence-corrected chi connectivity index (χ1v) is 9.06. The molecule has 0 spiro atoms. The number of hydrogen-bond acceptors (Lipinski definition) is 3. The maximum atomic E-state index is 14.1. The highest BCUT2D eigenvalue weighted by atomic mass is 127. The number of hydrogen-bond donors (Lipinski definition) is 2. The minimum atomic E-state index is -0.223. The smallest absolute Gasteiger partial charge is 0.220 e. The fourth-order valence-electron chi connectivity index (χ4n) is 3.25. The van der Waals surface area contributed by atoms with Gasteiger partial charge in [-0.1, -0.05) is 6.07 Å². The van der Waals surface area contributed by atoms with Crippen LogP contribution in [0.2, 0.25) is 0 Å². The fourth-order valence-corrected chi connectivity index (χ4v) is 3.25. The van der Waals surface area contributed by atoms with Gasteiger partial charge in [0.1, 0.15) is 5.82 Å². The van der Waals surface area contributed by atoms with Crippen LogP contribution in [0.3, 0.4) is 0 Å². The highest BCUT2D eigenvalue weighted by Crippen LogP contribution is 2.21. The van der Waals surface area contributed by atoms with Gasteiger partial charge < -0.3 is 20.4 Å². The van der Waals surface area contributed by atoms with E-state index in [1.807, 2.05) is 20.2 Å². The number of likely N-dealkylation sites (tertiary alicyclic amines) is 1. The van der Waals surface area contributed by atoms with Crippen molar-refractivity contribution in [3.63, 3.8) is 0 Å². The average Bonchev–Trinajstić information content (AvgIpc) is 2.63. The molecule has 0 bridgehead atoms. The topological polar surface area (TPSA) is 60.0 Å². The molecule has 0 saturated carbocycles. The van der Waals surface area contributed by atoms with Crippen LogP contribution in [-0.4, -0.2) is 58.0 Å². The van der Waals surface area contributed by atoms with Crippen molar-refractivity contribution in [2.45, 2.75) is 25.8 Å².